The lowest BCUT2D eigenvalue weighted by Gasteiger charge is -2.29. The van der Waals surface area contributed by atoms with E-state index in [2.05, 4.69) is 23.3 Å². The van der Waals surface area contributed by atoms with Gasteiger partial charge in [0.25, 0.3) is 0 Å². The molecule has 1 N–H and O–H groups in total. The highest BCUT2D eigenvalue weighted by Gasteiger charge is 2.21. The maximum atomic E-state index is 4.19. The van der Waals surface area contributed by atoms with Crippen LogP contribution in [0.2, 0.25) is 0 Å². The molecule has 1 heterocycles. The topological polar surface area (TPSA) is 24.9 Å². The summed E-state index contributed by atoms with van der Waals surface area (Å²) in [4.78, 5) is 4.19. The fourth-order valence-corrected chi connectivity index (χ4v) is 2.80. The van der Waals surface area contributed by atoms with Crippen molar-refractivity contribution in [2.45, 2.75) is 45.1 Å². The highest BCUT2D eigenvalue weighted by Crippen LogP contribution is 2.27. The predicted octanol–water partition coefficient (Wildman–Crippen LogP) is 2.79. The van der Waals surface area contributed by atoms with E-state index in [4.69, 9.17) is 0 Å². The van der Waals surface area contributed by atoms with E-state index >= 15 is 0 Å². The van der Waals surface area contributed by atoms with Crippen LogP contribution in [0.5, 0.6) is 0 Å². The van der Waals surface area contributed by atoms with Crippen molar-refractivity contribution in [2.24, 2.45) is 5.92 Å². The Morgan fingerprint density at radius 1 is 1.44 bits per heavy atom. The third-order valence-corrected chi connectivity index (χ3v) is 3.52. The van der Waals surface area contributed by atoms with Gasteiger partial charge in [-0.3, -0.25) is 4.98 Å². The van der Waals surface area contributed by atoms with Crippen molar-refractivity contribution in [3.8, 4) is 0 Å². The van der Waals surface area contributed by atoms with Gasteiger partial charge in [-0.15, -0.1) is 0 Å². The lowest BCUT2D eigenvalue weighted by atomic mass is 9.82. The van der Waals surface area contributed by atoms with Crippen molar-refractivity contribution in [3.05, 3.63) is 30.1 Å². The summed E-state index contributed by atoms with van der Waals surface area (Å²) < 4.78 is 0. The molecule has 1 aliphatic rings. The highest BCUT2D eigenvalue weighted by molar-refractivity contribution is 5.09. The van der Waals surface area contributed by atoms with E-state index in [1.165, 1.54) is 37.7 Å². The maximum Gasteiger partial charge on any atom is 0.0299 e. The maximum absolute atomic E-state index is 4.19. The molecule has 16 heavy (non-hydrogen) atoms. The first-order valence-corrected chi connectivity index (χ1v) is 6.50. The standard InChI is InChI=1S/C14H22N2/c1-2-16-14-7-3-5-12(10-14)9-13-6-4-8-15-11-13/h4,6,8,11-12,14,16H,2-3,5,7,9-10H2,1H3. The highest BCUT2D eigenvalue weighted by atomic mass is 14.9. The normalized spacial score (nSPS) is 25.6. The molecule has 0 bridgehead atoms. The number of nitrogens with zero attached hydrogens (tertiary/aromatic N) is 1. The summed E-state index contributed by atoms with van der Waals surface area (Å²) >= 11 is 0. The van der Waals surface area contributed by atoms with Crippen LogP contribution >= 0.6 is 0 Å². The number of hydrogen-bond acceptors (Lipinski definition) is 2. The Morgan fingerprint density at radius 2 is 2.38 bits per heavy atom. The summed E-state index contributed by atoms with van der Waals surface area (Å²) in [5.74, 6) is 0.849. The second-order valence-corrected chi connectivity index (χ2v) is 4.85. The van der Waals surface area contributed by atoms with Crippen LogP contribution in [-0.4, -0.2) is 17.6 Å². The molecular weight excluding hydrogens is 196 g/mol. The number of nitrogens with one attached hydrogen (secondary N) is 1. The Balaban J connectivity index is 1.85. The monoisotopic (exact) mass is 218 g/mol. The van der Waals surface area contributed by atoms with Gasteiger partial charge in [-0.05, 0) is 43.4 Å². The summed E-state index contributed by atoms with van der Waals surface area (Å²) in [7, 11) is 0. The summed E-state index contributed by atoms with van der Waals surface area (Å²) in [5.41, 5.74) is 1.39. The molecule has 88 valence electrons. The third-order valence-electron chi connectivity index (χ3n) is 3.52. The van der Waals surface area contributed by atoms with Crippen LogP contribution in [-0.2, 0) is 6.42 Å². The van der Waals surface area contributed by atoms with Crippen molar-refractivity contribution in [3.63, 3.8) is 0 Å². The second kappa shape index (κ2) is 6.00. The molecule has 0 saturated heterocycles. The first-order valence-electron chi connectivity index (χ1n) is 6.50. The largest absolute Gasteiger partial charge is 0.314 e. The average molecular weight is 218 g/mol. The van der Waals surface area contributed by atoms with E-state index in [0.29, 0.717) is 0 Å². The van der Waals surface area contributed by atoms with Gasteiger partial charge in [0.1, 0.15) is 0 Å². The van der Waals surface area contributed by atoms with Crippen LogP contribution in [0.1, 0.15) is 38.2 Å². The molecule has 1 aromatic rings. The van der Waals surface area contributed by atoms with Crippen molar-refractivity contribution in [1.29, 1.82) is 0 Å². The van der Waals surface area contributed by atoms with E-state index in [1.807, 2.05) is 18.5 Å². The Morgan fingerprint density at radius 3 is 3.12 bits per heavy atom. The number of aromatic nitrogens is 1. The molecule has 0 spiro atoms. The van der Waals surface area contributed by atoms with E-state index in [-0.39, 0.29) is 0 Å². The van der Waals surface area contributed by atoms with Crippen molar-refractivity contribution < 1.29 is 0 Å². The van der Waals surface area contributed by atoms with Gasteiger partial charge in [0.2, 0.25) is 0 Å². The molecule has 2 unspecified atom stereocenters. The van der Waals surface area contributed by atoms with Crippen LogP contribution in [0, 0.1) is 5.92 Å². The first kappa shape index (κ1) is 11.6. The molecule has 1 aliphatic carbocycles. The Bertz CT molecular complexity index is 295. The molecule has 2 atom stereocenters. The van der Waals surface area contributed by atoms with Crippen molar-refractivity contribution in [2.75, 3.05) is 6.54 Å². The molecule has 1 aromatic heterocycles. The van der Waals surface area contributed by atoms with Gasteiger partial charge in [-0.1, -0.05) is 25.8 Å². The Labute approximate surface area is 98.5 Å². The minimum absolute atomic E-state index is 0.750. The van der Waals surface area contributed by atoms with Gasteiger partial charge in [-0.25, -0.2) is 0 Å². The molecular formula is C14H22N2. The minimum Gasteiger partial charge on any atom is -0.314 e. The van der Waals surface area contributed by atoms with Gasteiger partial charge in [0.05, 0.1) is 0 Å². The lowest BCUT2D eigenvalue weighted by molar-refractivity contribution is 0.287. The van der Waals surface area contributed by atoms with Crippen LogP contribution in [0.4, 0.5) is 0 Å². The SMILES string of the molecule is CCNC1CCCC(Cc2cccnc2)C1. The summed E-state index contributed by atoms with van der Waals surface area (Å²) in [6.07, 6.45) is 10.5. The van der Waals surface area contributed by atoms with E-state index in [0.717, 1.165) is 18.5 Å². The van der Waals surface area contributed by atoms with Crippen molar-refractivity contribution in [1.82, 2.24) is 10.3 Å². The van der Waals surface area contributed by atoms with Crippen LogP contribution < -0.4 is 5.32 Å². The van der Waals surface area contributed by atoms with Crippen LogP contribution in [0.3, 0.4) is 0 Å². The molecule has 1 fully saturated rings. The smallest absolute Gasteiger partial charge is 0.0299 e. The minimum atomic E-state index is 0.750. The second-order valence-electron chi connectivity index (χ2n) is 4.85. The summed E-state index contributed by atoms with van der Waals surface area (Å²) in [6, 6.07) is 4.99. The lowest BCUT2D eigenvalue weighted by Crippen LogP contribution is -2.34. The number of hydrogen-bond donors (Lipinski definition) is 1. The number of rotatable bonds is 4. The molecule has 0 aliphatic heterocycles. The molecule has 0 amide bonds. The fraction of sp³-hybridized carbons (Fsp3) is 0.643. The Hall–Kier alpha value is -0.890. The number of pyridine rings is 1. The van der Waals surface area contributed by atoms with Crippen LogP contribution in [0.15, 0.2) is 24.5 Å². The third kappa shape index (κ3) is 3.31. The zero-order chi connectivity index (χ0) is 11.2. The molecule has 2 rings (SSSR count). The van der Waals surface area contributed by atoms with Gasteiger partial charge < -0.3 is 5.32 Å². The van der Waals surface area contributed by atoms with E-state index in [9.17, 15) is 0 Å². The van der Waals surface area contributed by atoms with E-state index < -0.39 is 0 Å². The zero-order valence-corrected chi connectivity index (χ0v) is 10.2. The zero-order valence-electron chi connectivity index (χ0n) is 10.2. The average Bonchev–Trinajstić information content (AvgIpc) is 2.31. The van der Waals surface area contributed by atoms with Gasteiger partial charge in [-0.2, -0.15) is 0 Å². The van der Waals surface area contributed by atoms with Crippen molar-refractivity contribution >= 4 is 0 Å². The first-order chi connectivity index (χ1) is 7.88. The predicted molar refractivity (Wildman–Crippen MR) is 67.4 cm³/mol. The van der Waals surface area contributed by atoms with Gasteiger partial charge in [0, 0.05) is 18.4 Å². The quantitative estimate of drug-likeness (QED) is 0.840. The molecule has 2 heteroatoms. The van der Waals surface area contributed by atoms with E-state index in [1.54, 1.807) is 0 Å². The summed E-state index contributed by atoms with van der Waals surface area (Å²) in [6.45, 7) is 3.30. The molecule has 1 saturated carbocycles. The van der Waals surface area contributed by atoms with Crippen LogP contribution in [0.25, 0.3) is 0 Å². The summed E-state index contributed by atoms with van der Waals surface area (Å²) in [5, 5.41) is 3.58. The van der Waals surface area contributed by atoms with Gasteiger partial charge >= 0.3 is 0 Å². The fourth-order valence-electron chi connectivity index (χ4n) is 2.80. The van der Waals surface area contributed by atoms with Gasteiger partial charge in [0.15, 0.2) is 0 Å². The molecule has 0 aromatic carbocycles. The molecule has 0 radical (unpaired) electrons. The Kier molecular flexibility index (Phi) is 4.34. The molecule has 2 nitrogen and oxygen atoms in total.